The number of Topliss-reactive ketones (excluding diaryl/α,β-unsaturated/α-hetero) is 1. The molecule has 2 aliphatic heterocycles. The third kappa shape index (κ3) is 4.26. The molecule has 0 unspecified atom stereocenters. The van der Waals surface area contributed by atoms with E-state index in [1.165, 1.54) is 4.31 Å². The van der Waals surface area contributed by atoms with Crippen LogP contribution in [0, 0.1) is 0 Å². The molecule has 0 radical (unpaired) electrons. The largest absolute Gasteiger partial charge is 0.486 e. The van der Waals surface area contributed by atoms with Crippen molar-refractivity contribution in [1.29, 1.82) is 0 Å². The quantitative estimate of drug-likeness (QED) is 0.425. The van der Waals surface area contributed by atoms with Crippen LogP contribution in [-0.4, -0.2) is 52.3 Å². The van der Waals surface area contributed by atoms with Crippen LogP contribution < -0.4 is 13.8 Å². The molecule has 2 aromatic carbocycles. The van der Waals surface area contributed by atoms with E-state index in [2.05, 4.69) is 0 Å². The van der Waals surface area contributed by atoms with Crippen LogP contribution >= 0.6 is 0 Å². The molecular weight excluding hydrogens is 470 g/mol. The number of rotatable bonds is 7. The maximum atomic E-state index is 13.3. The molecule has 35 heavy (non-hydrogen) atoms. The molecule has 9 heteroatoms. The van der Waals surface area contributed by atoms with Gasteiger partial charge in [-0.05, 0) is 67.6 Å². The third-order valence-corrected chi connectivity index (χ3v) is 9.01. The van der Waals surface area contributed by atoms with Crippen molar-refractivity contribution >= 4 is 27.5 Å². The number of carbonyl (C=O) groups excluding carboxylic acids is 2. The van der Waals surface area contributed by atoms with Crippen LogP contribution in [0.15, 0.2) is 36.4 Å². The fourth-order valence-corrected chi connectivity index (χ4v) is 6.43. The van der Waals surface area contributed by atoms with Crippen LogP contribution in [0.1, 0.15) is 54.1 Å². The van der Waals surface area contributed by atoms with Crippen LogP contribution in [0.5, 0.6) is 11.5 Å². The highest BCUT2D eigenvalue weighted by molar-refractivity contribution is 7.92. The SMILES string of the molecule is CCS(=O)(=O)N1CCc2cc(C(=O)COC(=O)C3(c4ccc5c(c4)OCCO5)CCCC3)ccc21. The zero-order valence-electron chi connectivity index (χ0n) is 19.7. The second-order valence-corrected chi connectivity index (χ2v) is 11.4. The molecule has 0 N–H and O–H groups in total. The van der Waals surface area contributed by atoms with Gasteiger partial charge in [0.1, 0.15) is 13.2 Å². The van der Waals surface area contributed by atoms with E-state index >= 15 is 0 Å². The number of hydrogen-bond acceptors (Lipinski definition) is 7. The summed E-state index contributed by atoms with van der Waals surface area (Å²) >= 11 is 0. The molecule has 3 aliphatic rings. The van der Waals surface area contributed by atoms with E-state index in [0.717, 1.165) is 24.0 Å². The molecule has 1 aliphatic carbocycles. The van der Waals surface area contributed by atoms with Crippen LogP contribution in [0.2, 0.25) is 0 Å². The molecule has 0 bridgehead atoms. The first-order chi connectivity index (χ1) is 16.8. The van der Waals surface area contributed by atoms with Crippen LogP contribution in [0.3, 0.4) is 0 Å². The molecule has 0 atom stereocenters. The van der Waals surface area contributed by atoms with E-state index in [1.807, 2.05) is 18.2 Å². The van der Waals surface area contributed by atoms with Gasteiger partial charge in [-0.3, -0.25) is 13.9 Å². The van der Waals surface area contributed by atoms with Crippen molar-refractivity contribution in [2.24, 2.45) is 0 Å². The summed E-state index contributed by atoms with van der Waals surface area (Å²) in [6, 6.07) is 10.6. The van der Waals surface area contributed by atoms with Gasteiger partial charge < -0.3 is 14.2 Å². The van der Waals surface area contributed by atoms with Gasteiger partial charge in [0.15, 0.2) is 23.9 Å². The number of hydrogen-bond donors (Lipinski definition) is 0. The summed E-state index contributed by atoms with van der Waals surface area (Å²) < 4.78 is 42.9. The second kappa shape index (κ2) is 9.18. The van der Waals surface area contributed by atoms with Crippen molar-refractivity contribution in [3.63, 3.8) is 0 Å². The van der Waals surface area contributed by atoms with Gasteiger partial charge in [-0.2, -0.15) is 0 Å². The van der Waals surface area contributed by atoms with Crippen molar-refractivity contribution in [2.45, 2.75) is 44.4 Å². The highest BCUT2D eigenvalue weighted by atomic mass is 32.2. The molecular formula is C26H29NO7S. The predicted molar refractivity (Wildman–Crippen MR) is 130 cm³/mol. The summed E-state index contributed by atoms with van der Waals surface area (Å²) in [5, 5.41) is 0. The molecule has 5 rings (SSSR count). The number of ether oxygens (including phenoxy) is 3. The molecule has 1 saturated carbocycles. The molecule has 0 saturated heterocycles. The first-order valence-corrected chi connectivity index (χ1v) is 13.7. The fraction of sp³-hybridized carbons (Fsp3) is 0.462. The summed E-state index contributed by atoms with van der Waals surface area (Å²) in [5.74, 6) is 0.600. The zero-order chi connectivity index (χ0) is 24.6. The molecule has 1 fully saturated rings. The monoisotopic (exact) mass is 499 g/mol. The molecule has 0 spiro atoms. The Labute approximate surface area is 205 Å². The van der Waals surface area contributed by atoms with Crippen molar-refractivity contribution < 1.29 is 32.2 Å². The van der Waals surface area contributed by atoms with Gasteiger partial charge in [0, 0.05) is 12.1 Å². The second-order valence-electron chi connectivity index (χ2n) is 9.21. The standard InChI is InChI=1S/C26H29NO7S/c1-2-35(30,31)27-12-9-18-15-19(5-7-21(18)27)22(28)17-34-25(29)26(10-3-4-11-26)20-6-8-23-24(16-20)33-14-13-32-23/h5-8,15-16H,2-4,9-14,17H2,1H3. The van der Waals surface area contributed by atoms with E-state index < -0.39 is 21.4 Å². The number of carbonyl (C=O) groups is 2. The molecule has 0 amide bonds. The maximum absolute atomic E-state index is 13.3. The normalized spacial score (nSPS) is 18.3. The lowest BCUT2D eigenvalue weighted by atomic mass is 9.78. The van der Waals surface area contributed by atoms with Crippen LogP contribution in [-0.2, 0) is 31.4 Å². The van der Waals surface area contributed by atoms with E-state index in [9.17, 15) is 18.0 Å². The Morgan fingerprint density at radius 3 is 2.51 bits per heavy atom. The number of sulfonamides is 1. The lowest BCUT2D eigenvalue weighted by Crippen LogP contribution is -2.36. The van der Waals surface area contributed by atoms with Crippen molar-refractivity contribution in [2.75, 3.05) is 36.4 Å². The summed E-state index contributed by atoms with van der Waals surface area (Å²) in [6.07, 6.45) is 3.65. The minimum absolute atomic E-state index is 0.0220. The summed E-state index contributed by atoms with van der Waals surface area (Å²) in [6.45, 7) is 2.58. The van der Waals surface area contributed by atoms with E-state index in [-0.39, 0.29) is 18.1 Å². The maximum Gasteiger partial charge on any atom is 0.317 e. The predicted octanol–water partition coefficient (Wildman–Crippen LogP) is 3.41. The van der Waals surface area contributed by atoms with E-state index in [1.54, 1.807) is 25.1 Å². The topological polar surface area (TPSA) is 99.2 Å². The number of esters is 1. The highest BCUT2D eigenvalue weighted by Gasteiger charge is 2.45. The molecule has 8 nitrogen and oxygen atoms in total. The smallest absolute Gasteiger partial charge is 0.317 e. The van der Waals surface area contributed by atoms with Crippen molar-refractivity contribution in [1.82, 2.24) is 0 Å². The molecule has 2 heterocycles. The minimum atomic E-state index is -3.35. The molecule has 186 valence electrons. The summed E-state index contributed by atoms with van der Waals surface area (Å²) in [7, 11) is -3.35. The number of fused-ring (bicyclic) bond motifs is 2. The number of anilines is 1. The summed E-state index contributed by atoms with van der Waals surface area (Å²) in [4.78, 5) is 26.2. The van der Waals surface area contributed by atoms with Gasteiger partial charge in [-0.25, -0.2) is 8.42 Å². The number of ketones is 1. The first kappa shape index (κ1) is 23.7. The molecule has 2 aromatic rings. The Balaban J connectivity index is 1.30. The Bertz CT molecular complexity index is 1260. The Kier molecular flexibility index (Phi) is 6.21. The van der Waals surface area contributed by atoms with Gasteiger partial charge in [0.05, 0.1) is 16.9 Å². The van der Waals surface area contributed by atoms with Gasteiger partial charge in [-0.15, -0.1) is 0 Å². The van der Waals surface area contributed by atoms with E-state index in [0.29, 0.717) is 61.8 Å². The highest BCUT2D eigenvalue weighted by Crippen LogP contribution is 2.45. The Morgan fingerprint density at radius 2 is 1.77 bits per heavy atom. The van der Waals surface area contributed by atoms with Crippen LogP contribution in [0.4, 0.5) is 5.69 Å². The lowest BCUT2D eigenvalue weighted by molar-refractivity contribution is -0.149. The Morgan fingerprint density at radius 1 is 1.03 bits per heavy atom. The molecule has 0 aromatic heterocycles. The number of nitrogens with zero attached hydrogens (tertiary/aromatic N) is 1. The van der Waals surface area contributed by atoms with Crippen molar-refractivity contribution in [3.05, 3.63) is 53.1 Å². The number of benzene rings is 2. The van der Waals surface area contributed by atoms with Gasteiger partial charge in [0.2, 0.25) is 10.0 Å². The Hall–Kier alpha value is -3.07. The van der Waals surface area contributed by atoms with Crippen LogP contribution in [0.25, 0.3) is 0 Å². The minimum Gasteiger partial charge on any atom is -0.486 e. The fourth-order valence-electron chi connectivity index (χ4n) is 5.27. The third-order valence-electron chi connectivity index (χ3n) is 7.23. The summed E-state index contributed by atoms with van der Waals surface area (Å²) in [5.41, 5.74) is 1.86. The van der Waals surface area contributed by atoms with Gasteiger partial charge >= 0.3 is 5.97 Å². The van der Waals surface area contributed by atoms with E-state index in [4.69, 9.17) is 14.2 Å². The zero-order valence-corrected chi connectivity index (χ0v) is 20.6. The average molecular weight is 500 g/mol. The van der Waals surface area contributed by atoms with Gasteiger partial charge in [0.25, 0.3) is 0 Å². The van der Waals surface area contributed by atoms with Gasteiger partial charge in [-0.1, -0.05) is 18.9 Å². The van der Waals surface area contributed by atoms with Crippen molar-refractivity contribution in [3.8, 4) is 11.5 Å². The average Bonchev–Trinajstić information content (AvgIpc) is 3.55. The lowest BCUT2D eigenvalue weighted by Gasteiger charge is -2.28. The first-order valence-electron chi connectivity index (χ1n) is 12.1.